The van der Waals surface area contributed by atoms with Gasteiger partial charge in [-0.2, -0.15) is 0 Å². The lowest BCUT2D eigenvalue weighted by Gasteiger charge is -2.20. The lowest BCUT2D eigenvalue weighted by atomic mass is 10.2. The van der Waals surface area contributed by atoms with Crippen LogP contribution in [0.25, 0.3) is 0 Å². The summed E-state index contributed by atoms with van der Waals surface area (Å²) >= 11 is 0. The summed E-state index contributed by atoms with van der Waals surface area (Å²) in [5, 5.41) is 0. The molecule has 0 N–H and O–H groups in total. The van der Waals surface area contributed by atoms with E-state index >= 15 is 0 Å². The molecule has 0 aliphatic rings. The first-order valence-corrected chi connectivity index (χ1v) is 6.63. The SMILES string of the molecule is CCCN(CC(=O)OCC)C(=O)CCc1ccco1. The van der Waals surface area contributed by atoms with Crippen molar-refractivity contribution in [3.05, 3.63) is 24.2 Å². The first kappa shape index (κ1) is 15.3. The average Bonchev–Trinajstić information content (AvgIpc) is 2.89. The van der Waals surface area contributed by atoms with Crippen LogP contribution in [-0.2, 0) is 20.7 Å². The predicted octanol–water partition coefficient (Wildman–Crippen LogP) is 2.01. The van der Waals surface area contributed by atoms with E-state index in [4.69, 9.17) is 9.15 Å². The Morgan fingerprint density at radius 2 is 2.16 bits per heavy atom. The number of carbonyl (C=O) groups is 2. The molecule has 106 valence electrons. The third-order valence-electron chi connectivity index (χ3n) is 2.64. The van der Waals surface area contributed by atoms with Crippen molar-refractivity contribution in [2.75, 3.05) is 19.7 Å². The standard InChI is InChI=1S/C14H21NO4/c1-3-9-15(11-14(17)18-4-2)13(16)8-7-12-6-5-10-19-12/h5-6,10H,3-4,7-9,11H2,1-2H3. The van der Waals surface area contributed by atoms with Crippen LogP contribution in [0.2, 0.25) is 0 Å². The second-order valence-corrected chi connectivity index (χ2v) is 4.20. The van der Waals surface area contributed by atoms with Crippen LogP contribution in [0.1, 0.15) is 32.4 Å². The molecule has 0 aliphatic heterocycles. The molecule has 19 heavy (non-hydrogen) atoms. The number of rotatable bonds is 8. The van der Waals surface area contributed by atoms with E-state index in [0.29, 0.717) is 26.0 Å². The van der Waals surface area contributed by atoms with Crippen molar-refractivity contribution in [1.82, 2.24) is 4.90 Å². The largest absolute Gasteiger partial charge is 0.469 e. The molecule has 0 spiro atoms. The lowest BCUT2D eigenvalue weighted by molar-refractivity contribution is -0.149. The van der Waals surface area contributed by atoms with E-state index in [-0.39, 0.29) is 18.4 Å². The fraction of sp³-hybridized carbons (Fsp3) is 0.571. The smallest absolute Gasteiger partial charge is 0.325 e. The number of amides is 1. The third-order valence-corrected chi connectivity index (χ3v) is 2.64. The van der Waals surface area contributed by atoms with Crippen molar-refractivity contribution in [2.24, 2.45) is 0 Å². The van der Waals surface area contributed by atoms with Crippen LogP contribution in [0.5, 0.6) is 0 Å². The van der Waals surface area contributed by atoms with Crippen molar-refractivity contribution < 1.29 is 18.7 Å². The minimum atomic E-state index is -0.359. The van der Waals surface area contributed by atoms with Gasteiger partial charge in [0.2, 0.25) is 5.91 Å². The molecule has 0 atom stereocenters. The fourth-order valence-corrected chi connectivity index (χ4v) is 1.77. The number of esters is 1. The molecule has 1 aromatic heterocycles. The minimum Gasteiger partial charge on any atom is -0.469 e. The fourth-order valence-electron chi connectivity index (χ4n) is 1.77. The van der Waals surface area contributed by atoms with Crippen molar-refractivity contribution >= 4 is 11.9 Å². The molecule has 0 bridgehead atoms. The van der Waals surface area contributed by atoms with Crippen LogP contribution in [0.15, 0.2) is 22.8 Å². The molecule has 0 radical (unpaired) electrons. The molecule has 0 aliphatic carbocycles. The maximum atomic E-state index is 12.0. The monoisotopic (exact) mass is 267 g/mol. The van der Waals surface area contributed by atoms with Crippen molar-refractivity contribution in [2.45, 2.75) is 33.1 Å². The van der Waals surface area contributed by atoms with Crippen LogP contribution in [0.3, 0.4) is 0 Å². The van der Waals surface area contributed by atoms with Gasteiger partial charge in [-0.3, -0.25) is 9.59 Å². The Bertz CT molecular complexity index is 386. The van der Waals surface area contributed by atoms with Gasteiger partial charge in [0, 0.05) is 19.4 Å². The minimum absolute atomic E-state index is 0.0265. The van der Waals surface area contributed by atoms with E-state index in [0.717, 1.165) is 12.2 Å². The molecular formula is C14H21NO4. The Labute approximate surface area is 113 Å². The Kier molecular flexibility index (Phi) is 6.71. The van der Waals surface area contributed by atoms with Crippen LogP contribution in [0, 0.1) is 0 Å². The molecule has 1 amide bonds. The van der Waals surface area contributed by atoms with Crippen LogP contribution in [-0.4, -0.2) is 36.5 Å². The summed E-state index contributed by atoms with van der Waals surface area (Å²) in [6.07, 6.45) is 3.29. The highest BCUT2D eigenvalue weighted by Gasteiger charge is 2.17. The number of furan rings is 1. The zero-order chi connectivity index (χ0) is 14.1. The molecule has 0 unspecified atom stereocenters. The quantitative estimate of drug-likeness (QED) is 0.676. The van der Waals surface area contributed by atoms with Crippen molar-refractivity contribution in [3.63, 3.8) is 0 Å². The predicted molar refractivity (Wildman–Crippen MR) is 70.5 cm³/mol. The zero-order valence-electron chi connectivity index (χ0n) is 11.6. The molecule has 0 aromatic carbocycles. The van der Waals surface area contributed by atoms with E-state index in [1.807, 2.05) is 13.0 Å². The lowest BCUT2D eigenvalue weighted by Crippen LogP contribution is -2.37. The Balaban J connectivity index is 2.45. The first-order valence-electron chi connectivity index (χ1n) is 6.63. The van der Waals surface area contributed by atoms with Gasteiger partial charge in [-0.25, -0.2) is 0 Å². The van der Waals surface area contributed by atoms with Crippen LogP contribution in [0.4, 0.5) is 0 Å². The molecule has 0 saturated heterocycles. The van der Waals surface area contributed by atoms with Gasteiger partial charge in [0.1, 0.15) is 12.3 Å². The number of carbonyl (C=O) groups excluding carboxylic acids is 2. The number of nitrogens with zero attached hydrogens (tertiary/aromatic N) is 1. The second kappa shape index (κ2) is 8.34. The Hall–Kier alpha value is -1.78. The van der Waals surface area contributed by atoms with E-state index in [2.05, 4.69) is 0 Å². The van der Waals surface area contributed by atoms with Gasteiger partial charge < -0.3 is 14.1 Å². The molecule has 0 fully saturated rings. The van der Waals surface area contributed by atoms with E-state index in [1.54, 1.807) is 24.2 Å². The van der Waals surface area contributed by atoms with E-state index in [1.165, 1.54) is 0 Å². The maximum Gasteiger partial charge on any atom is 0.325 e. The van der Waals surface area contributed by atoms with Gasteiger partial charge >= 0.3 is 5.97 Å². The molecule has 1 rings (SSSR count). The van der Waals surface area contributed by atoms with Crippen LogP contribution >= 0.6 is 0 Å². The number of aryl methyl sites for hydroxylation is 1. The number of hydrogen-bond donors (Lipinski definition) is 0. The van der Waals surface area contributed by atoms with E-state index in [9.17, 15) is 9.59 Å². The normalized spacial score (nSPS) is 10.2. The summed E-state index contributed by atoms with van der Waals surface area (Å²) in [5.74, 6) is 0.370. The summed E-state index contributed by atoms with van der Waals surface area (Å²) in [6, 6.07) is 3.63. The summed E-state index contributed by atoms with van der Waals surface area (Å²) in [5.41, 5.74) is 0. The topological polar surface area (TPSA) is 59.8 Å². The Morgan fingerprint density at radius 1 is 1.37 bits per heavy atom. The number of hydrogen-bond acceptors (Lipinski definition) is 4. The van der Waals surface area contributed by atoms with Crippen LogP contribution < -0.4 is 0 Å². The van der Waals surface area contributed by atoms with Gasteiger partial charge in [-0.1, -0.05) is 6.92 Å². The number of ether oxygens (including phenoxy) is 1. The molecule has 0 saturated carbocycles. The highest BCUT2D eigenvalue weighted by atomic mass is 16.5. The summed E-state index contributed by atoms with van der Waals surface area (Å²) in [4.78, 5) is 25.0. The molecular weight excluding hydrogens is 246 g/mol. The van der Waals surface area contributed by atoms with Gasteiger partial charge in [-0.15, -0.1) is 0 Å². The third kappa shape index (κ3) is 5.59. The highest BCUT2D eigenvalue weighted by molar-refractivity contribution is 5.82. The van der Waals surface area contributed by atoms with Crippen molar-refractivity contribution in [1.29, 1.82) is 0 Å². The van der Waals surface area contributed by atoms with Gasteiger partial charge in [0.15, 0.2) is 0 Å². The summed E-state index contributed by atoms with van der Waals surface area (Å²) < 4.78 is 10.0. The van der Waals surface area contributed by atoms with Gasteiger partial charge in [0.25, 0.3) is 0 Å². The molecule has 1 heterocycles. The summed E-state index contributed by atoms with van der Waals surface area (Å²) in [7, 11) is 0. The van der Waals surface area contributed by atoms with E-state index < -0.39 is 0 Å². The average molecular weight is 267 g/mol. The maximum absolute atomic E-state index is 12.0. The first-order chi connectivity index (χ1) is 9.17. The molecule has 5 heteroatoms. The van der Waals surface area contributed by atoms with Gasteiger partial charge in [-0.05, 0) is 25.5 Å². The molecule has 5 nitrogen and oxygen atoms in total. The Morgan fingerprint density at radius 3 is 2.74 bits per heavy atom. The zero-order valence-corrected chi connectivity index (χ0v) is 11.6. The van der Waals surface area contributed by atoms with Gasteiger partial charge in [0.05, 0.1) is 12.9 Å². The highest BCUT2D eigenvalue weighted by Crippen LogP contribution is 2.06. The van der Waals surface area contributed by atoms with Crippen molar-refractivity contribution in [3.8, 4) is 0 Å². The summed E-state index contributed by atoms with van der Waals surface area (Å²) in [6.45, 7) is 4.65. The second-order valence-electron chi connectivity index (χ2n) is 4.20. The molecule has 1 aromatic rings.